The average Bonchev–Trinajstić information content (AvgIpc) is 1.98. The van der Waals surface area contributed by atoms with Crippen molar-refractivity contribution in [1.29, 1.82) is 0 Å². The van der Waals surface area contributed by atoms with Crippen molar-refractivity contribution < 1.29 is 5.11 Å². The minimum Gasteiger partial charge on any atom is -0.392 e. The van der Waals surface area contributed by atoms with E-state index in [4.69, 9.17) is 0 Å². The lowest BCUT2D eigenvalue weighted by Crippen LogP contribution is -2.55. The van der Waals surface area contributed by atoms with Gasteiger partial charge in [0.15, 0.2) is 0 Å². The molecule has 0 aromatic heterocycles. The van der Waals surface area contributed by atoms with Crippen molar-refractivity contribution in [3.05, 3.63) is 0 Å². The zero-order chi connectivity index (χ0) is 9.84. The van der Waals surface area contributed by atoms with E-state index in [0.29, 0.717) is 12.1 Å². The molecule has 1 aliphatic heterocycles. The second kappa shape index (κ2) is 4.94. The highest BCUT2D eigenvalue weighted by Crippen LogP contribution is 2.16. The summed E-state index contributed by atoms with van der Waals surface area (Å²) in [5, 5.41) is 12.6. The maximum atomic E-state index is 9.22. The van der Waals surface area contributed by atoms with Crippen LogP contribution in [0.3, 0.4) is 0 Å². The van der Waals surface area contributed by atoms with Crippen LogP contribution < -0.4 is 5.32 Å². The van der Waals surface area contributed by atoms with Crippen LogP contribution in [0.15, 0.2) is 0 Å². The molecule has 3 nitrogen and oxygen atoms in total. The minimum atomic E-state index is -0.193. The van der Waals surface area contributed by atoms with E-state index < -0.39 is 0 Å². The lowest BCUT2D eigenvalue weighted by atomic mass is 10.0. The second-order valence-corrected chi connectivity index (χ2v) is 4.35. The molecule has 3 heteroatoms. The average molecular weight is 186 g/mol. The van der Waals surface area contributed by atoms with Crippen molar-refractivity contribution in [3.8, 4) is 0 Å². The quantitative estimate of drug-likeness (QED) is 0.654. The summed E-state index contributed by atoms with van der Waals surface area (Å²) in [5.41, 5.74) is 0. The van der Waals surface area contributed by atoms with Crippen molar-refractivity contribution in [2.24, 2.45) is 0 Å². The molecule has 1 fully saturated rings. The molecular formula is C10H22N2O. The summed E-state index contributed by atoms with van der Waals surface area (Å²) >= 11 is 0. The van der Waals surface area contributed by atoms with E-state index >= 15 is 0 Å². The Bertz CT molecular complexity index is 148. The van der Waals surface area contributed by atoms with Gasteiger partial charge >= 0.3 is 0 Å². The highest BCUT2D eigenvalue weighted by atomic mass is 16.3. The van der Waals surface area contributed by atoms with Gasteiger partial charge in [-0.3, -0.25) is 4.90 Å². The summed E-state index contributed by atoms with van der Waals surface area (Å²) < 4.78 is 0. The van der Waals surface area contributed by atoms with Crippen molar-refractivity contribution in [2.75, 3.05) is 19.6 Å². The van der Waals surface area contributed by atoms with Gasteiger partial charge in [-0.2, -0.15) is 0 Å². The molecule has 0 aliphatic carbocycles. The summed E-state index contributed by atoms with van der Waals surface area (Å²) in [5.74, 6) is 0. The predicted octanol–water partition coefficient (Wildman–Crippen LogP) is 0.440. The lowest BCUT2D eigenvalue weighted by Gasteiger charge is -2.42. The van der Waals surface area contributed by atoms with Crippen molar-refractivity contribution >= 4 is 0 Å². The van der Waals surface area contributed by atoms with Gasteiger partial charge in [0.05, 0.1) is 6.10 Å². The number of likely N-dealkylation sites (tertiary alicyclic amines) is 1. The molecule has 0 radical (unpaired) electrons. The SMILES string of the molecule is CC(O)CN1CCC1CNC(C)C. The number of aliphatic hydroxyl groups is 1. The third-order valence-electron chi connectivity index (χ3n) is 2.53. The fourth-order valence-corrected chi connectivity index (χ4v) is 1.68. The Morgan fingerprint density at radius 3 is 2.54 bits per heavy atom. The fraction of sp³-hybridized carbons (Fsp3) is 1.00. The van der Waals surface area contributed by atoms with E-state index in [0.717, 1.165) is 19.6 Å². The van der Waals surface area contributed by atoms with Crippen LogP contribution >= 0.6 is 0 Å². The highest BCUT2D eigenvalue weighted by molar-refractivity contribution is 4.85. The summed E-state index contributed by atoms with van der Waals surface area (Å²) in [6.45, 7) is 9.21. The Kier molecular flexibility index (Phi) is 4.16. The first-order valence-corrected chi connectivity index (χ1v) is 5.25. The summed E-state index contributed by atoms with van der Waals surface area (Å²) in [4.78, 5) is 2.35. The zero-order valence-corrected chi connectivity index (χ0v) is 8.95. The molecule has 0 aromatic rings. The molecule has 0 saturated carbocycles. The van der Waals surface area contributed by atoms with E-state index in [1.807, 2.05) is 6.92 Å². The standard InChI is InChI=1S/C10H22N2O/c1-8(2)11-6-10-4-5-12(10)7-9(3)13/h8-11,13H,4-7H2,1-3H3. The third kappa shape index (κ3) is 3.63. The molecule has 2 unspecified atom stereocenters. The molecule has 2 atom stereocenters. The van der Waals surface area contributed by atoms with Crippen LogP contribution in [0.5, 0.6) is 0 Å². The molecule has 0 bridgehead atoms. The summed E-state index contributed by atoms with van der Waals surface area (Å²) in [6.07, 6.45) is 1.08. The molecule has 1 heterocycles. The Labute approximate surface area is 81.1 Å². The van der Waals surface area contributed by atoms with Gasteiger partial charge in [0.2, 0.25) is 0 Å². The molecule has 0 spiro atoms. The van der Waals surface area contributed by atoms with E-state index in [2.05, 4.69) is 24.1 Å². The van der Waals surface area contributed by atoms with Crippen LogP contribution in [0.25, 0.3) is 0 Å². The first-order valence-electron chi connectivity index (χ1n) is 5.25. The van der Waals surface area contributed by atoms with Crippen molar-refractivity contribution in [1.82, 2.24) is 10.2 Å². The van der Waals surface area contributed by atoms with E-state index in [9.17, 15) is 5.11 Å². The van der Waals surface area contributed by atoms with Crippen LogP contribution in [0.1, 0.15) is 27.2 Å². The van der Waals surface area contributed by atoms with E-state index in [-0.39, 0.29) is 6.10 Å². The Morgan fingerprint density at radius 1 is 1.46 bits per heavy atom. The smallest absolute Gasteiger partial charge is 0.0639 e. The maximum Gasteiger partial charge on any atom is 0.0639 e. The minimum absolute atomic E-state index is 0.193. The van der Waals surface area contributed by atoms with Gasteiger partial charge in [-0.05, 0) is 13.3 Å². The van der Waals surface area contributed by atoms with Crippen LogP contribution in [-0.4, -0.2) is 47.8 Å². The number of β-amino-alcohol motifs (C(OH)–C–C–N with tert-alkyl or cyclic N) is 1. The molecule has 1 rings (SSSR count). The van der Waals surface area contributed by atoms with Crippen LogP contribution in [0.2, 0.25) is 0 Å². The van der Waals surface area contributed by atoms with E-state index in [1.54, 1.807) is 0 Å². The van der Waals surface area contributed by atoms with Crippen LogP contribution in [0.4, 0.5) is 0 Å². The predicted molar refractivity (Wildman–Crippen MR) is 54.8 cm³/mol. The zero-order valence-electron chi connectivity index (χ0n) is 8.95. The largest absolute Gasteiger partial charge is 0.392 e. The molecule has 13 heavy (non-hydrogen) atoms. The first-order chi connectivity index (χ1) is 6.09. The van der Waals surface area contributed by atoms with Gasteiger partial charge in [0, 0.05) is 31.7 Å². The number of nitrogens with one attached hydrogen (secondary N) is 1. The molecule has 0 aromatic carbocycles. The molecular weight excluding hydrogens is 164 g/mol. The van der Waals surface area contributed by atoms with Crippen molar-refractivity contribution in [2.45, 2.75) is 45.4 Å². The Morgan fingerprint density at radius 2 is 2.15 bits per heavy atom. The lowest BCUT2D eigenvalue weighted by molar-refractivity contribution is 0.0376. The molecule has 1 saturated heterocycles. The molecule has 0 amide bonds. The number of nitrogens with zero attached hydrogens (tertiary/aromatic N) is 1. The molecule has 78 valence electrons. The van der Waals surface area contributed by atoms with Gasteiger partial charge in [0.25, 0.3) is 0 Å². The Hall–Kier alpha value is -0.120. The van der Waals surface area contributed by atoms with Gasteiger partial charge in [0.1, 0.15) is 0 Å². The fourth-order valence-electron chi connectivity index (χ4n) is 1.68. The summed E-state index contributed by atoms with van der Waals surface area (Å²) in [7, 11) is 0. The molecule has 1 aliphatic rings. The Balaban J connectivity index is 2.13. The maximum absolute atomic E-state index is 9.22. The monoisotopic (exact) mass is 186 g/mol. The topological polar surface area (TPSA) is 35.5 Å². The number of aliphatic hydroxyl groups excluding tert-OH is 1. The van der Waals surface area contributed by atoms with Crippen LogP contribution in [-0.2, 0) is 0 Å². The van der Waals surface area contributed by atoms with Gasteiger partial charge in [-0.1, -0.05) is 13.8 Å². The number of rotatable bonds is 5. The third-order valence-corrected chi connectivity index (χ3v) is 2.53. The number of hydrogen-bond donors (Lipinski definition) is 2. The summed E-state index contributed by atoms with van der Waals surface area (Å²) in [6, 6.07) is 1.21. The number of hydrogen-bond acceptors (Lipinski definition) is 3. The van der Waals surface area contributed by atoms with E-state index in [1.165, 1.54) is 6.42 Å². The molecule has 2 N–H and O–H groups in total. The highest BCUT2D eigenvalue weighted by Gasteiger charge is 2.27. The van der Waals surface area contributed by atoms with Gasteiger partial charge < -0.3 is 10.4 Å². The second-order valence-electron chi connectivity index (χ2n) is 4.35. The van der Waals surface area contributed by atoms with Gasteiger partial charge in [-0.25, -0.2) is 0 Å². The van der Waals surface area contributed by atoms with Gasteiger partial charge in [-0.15, -0.1) is 0 Å². The van der Waals surface area contributed by atoms with Crippen molar-refractivity contribution in [3.63, 3.8) is 0 Å². The normalized spacial score (nSPS) is 26.1. The van der Waals surface area contributed by atoms with Crippen LogP contribution in [0, 0.1) is 0 Å². The first kappa shape index (κ1) is 11.0.